The first kappa shape index (κ1) is 103. The van der Waals surface area contributed by atoms with Crippen LogP contribution < -0.4 is 26.7 Å². The van der Waals surface area contributed by atoms with Crippen molar-refractivity contribution in [2.45, 2.75) is 436 Å². The number of carbonyl (C=O) groups excluding carboxylic acids is 1. The van der Waals surface area contributed by atoms with Crippen molar-refractivity contribution in [2.75, 3.05) is 34.5 Å². The first-order chi connectivity index (χ1) is 61.4. The number of aliphatic hydroxyl groups is 4. The number of guanidine groups is 1. The summed E-state index contributed by atoms with van der Waals surface area (Å²) in [5.74, 6) is 6.29. The number of aliphatic imine (C=N–C) groups is 1. The molecule has 129 heavy (non-hydrogen) atoms. The molecule has 7 aliphatic carbocycles. The number of allylic oxidation sites excluding steroid dienone is 2. The number of nitrogens with one attached hydrogen (secondary N) is 5. The molecule has 0 radical (unpaired) electrons. The Balaban J connectivity index is 0.000000155. The van der Waals surface area contributed by atoms with Crippen molar-refractivity contribution in [1.82, 2.24) is 58.7 Å². The summed E-state index contributed by atoms with van der Waals surface area (Å²) in [6.07, 6.45) is 48.3. The second kappa shape index (κ2) is 48.0. The molecule has 31 heteroatoms. The number of carbonyl (C=O) groups is 1. The van der Waals surface area contributed by atoms with Gasteiger partial charge in [-0.05, 0) is 337 Å². The van der Waals surface area contributed by atoms with Crippen molar-refractivity contribution in [2.24, 2.45) is 4.99 Å². The average Bonchev–Trinajstić information content (AvgIpc) is 1.64. The maximum atomic E-state index is 12.1. The van der Waals surface area contributed by atoms with Gasteiger partial charge in [-0.15, -0.1) is 27.7 Å². The standard InChI is InChI=1S/C22H36N4O.C22H34N4O.C22H32N4O.C16H28BNO4.C16H23BrN4O.ClH.Mn.2O/c3*1-3-15(2)24-22-23-14-21-19(16-7-5-4-6-8-16)13-20(26(21)25-22)17-9-11-18(27)12-10-17;1-14(2,3)20-13(19)18-10-8-12(9-11-18)17-21-15(4,5)16(6,7)22-17;1-3-10(2)19-16-18-9-15-13(17)8-14(21(15)20-16)11-4-6-12(22)7-5-11;;;;/h13,15-18,27H,3-12,14H2,1-2H3,(H2,23,24,25);13-18,27H,3-12H2,1-2H3,(H,24,25);7,13-15,17-18,27H,3-6,8-12H2,1-2H3,(H,24,25);8H,9-11H2,1-7H3;8-12,22H,3-7H2,1-2H3,(H,19,20);1H;;;. The van der Waals surface area contributed by atoms with Crippen LogP contribution in [0.5, 0.6) is 0 Å². The quantitative estimate of drug-likeness (QED) is 0.0340. The van der Waals surface area contributed by atoms with Gasteiger partial charge in [0.15, 0.2) is 0 Å². The molecule has 1 saturated heterocycles. The summed E-state index contributed by atoms with van der Waals surface area (Å²) < 4.78 is 44.0. The van der Waals surface area contributed by atoms with Gasteiger partial charge in [0.05, 0.1) is 83.0 Å². The Bertz CT molecular complexity index is 4840. The summed E-state index contributed by atoms with van der Waals surface area (Å²) in [7, 11) is -0.314. The number of ether oxygens (including phenoxy) is 1. The molecule has 27 nitrogen and oxygen atoms in total. The van der Waals surface area contributed by atoms with Crippen LogP contribution in [-0.2, 0) is 43.1 Å². The third-order valence-electron chi connectivity index (χ3n) is 29.0. The topological polar surface area (TPSA) is 331 Å². The summed E-state index contributed by atoms with van der Waals surface area (Å²) in [6.45, 7) is 33.1. The van der Waals surface area contributed by atoms with Gasteiger partial charge in [-0.3, -0.25) is 10.1 Å². The van der Waals surface area contributed by atoms with Crippen molar-refractivity contribution in [1.29, 1.82) is 0 Å². The fraction of sp³-hybridized carbons (Fsp3) is 0.714. The van der Waals surface area contributed by atoms with Crippen molar-refractivity contribution >= 4 is 87.5 Å². The number of rotatable bonds is 19. The number of hydrogen-bond donors (Lipinski definition) is 9. The summed E-state index contributed by atoms with van der Waals surface area (Å²) in [4.78, 5) is 32.2. The summed E-state index contributed by atoms with van der Waals surface area (Å²) in [5.41, 5.74) is 19.2. The summed E-state index contributed by atoms with van der Waals surface area (Å²) in [5, 5.41) is 67.6. The molecule has 4 atom stereocenters. The van der Waals surface area contributed by atoms with Gasteiger partial charge < -0.3 is 60.6 Å². The van der Waals surface area contributed by atoms with Crippen LogP contribution in [-0.4, -0.2) is 171 Å². The fourth-order valence-electron chi connectivity index (χ4n) is 19.7. The second-order valence-corrected chi connectivity index (χ2v) is 41.3. The number of anilines is 3. The van der Waals surface area contributed by atoms with E-state index in [4.69, 9.17) is 36.9 Å². The Morgan fingerprint density at radius 3 is 1.39 bits per heavy atom. The van der Waals surface area contributed by atoms with Crippen molar-refractivity contribution in [3.05, 3.63) is 110 Å². The monoisotopic (exact) mass is 1910 g/mol. The molecule has 7 aromatic rings. The fourth-order valence-corrected chi connectivity index (χ4v) is 20.2. The van der Waals surface area contributed by atoms with Gasteiger partial charge in [-0.2, -0.15) is 0 Å². The molecule has 9 N–H and O–H groups in total. The number of nitrogens with zero attached hydrogens (tertiary/aromatic N) is 12. The molecule has 715 valence electrons. The molecule has 6 saturated carbocycles. The van der Waals surface area contributed by atoms with Crippen LogP contribution in [0.4, 0.5) is 22.6 Å². The Morgan fingerprint density at radius 1 is 0.535 bits per heavy atom. The molecule has 1 amide bonds. The Morgan fingerprint density at radius 2 is 0.946 bits per heavy atom. The first-order valence-electron chi connectivity index (χ1n) is 49.1. The molecule has 0 spiro atoms. The normalized spacial score (nSPS) is 24.5. The van der Waals surface area contributed by atoms with Crippen LogP contribution in [0.15, 0.2) is 69.9 Å². The van der Waals surface area contributed by atoms with E-state index >= 15 is 0 Å². The van der Waals surface area contributed by atoms with E-state index in [1.54, 1.807) is 4.90 Å². The number of aliphatic hydroxyl groups excluding tert-OH is 4. The van der Waals surface area contributed by atoms with E-state index in [9.17, 15) is 25.2 Å². The molecule has 0 aromatic carbocycles. The van der Waals surface area contributed by atoms with Gasteiger partial charge in [0, 0.05) is 93.7 Å². The van der Waals surface area contributed by atoms with Crippen LogP contribution in [0.25, 0.3) is 22.1 Å². The Hall–Kier alpha value is -6.73. The zero-order valence-electron chi connectivity index (χ0n) is 80.0. The zero-order valence-corrected chi connectivity index (χ0v) is 83.6. The van der Waals surface area contributed by atoms with Crippen molar-refractivity contribution < 1.29 is 61.8 Å². The van der Waals surface area contributed by atoms with Crippen LogP contribution in [0.2, 0.25) is 0 Å². The van der Waals surface area contributed by atoms with E-state index in [2.05, 4.69) is 162 Å². The van der Waals surface area contributed by atoms with Crippen molar-refractivity contribution in [3.8, 4) is 0 Å². The third-order valence-corrected chi connectivity index (χ3v) is 29.6. The van der Waals surface area contributed by atoms with Gasteiger partial charge in [-0.1, -0.05) is 78.4 Å². The van der Waals surface area contributed by atoms with E-state index in [0.717, 1.165) is 181 Å². The Labute approximate surface area is 788 Å². The molecule has 0 bridgehead atoms. The molecular formula is C98H154BBrClMnN17O10. The minimum absolute atomic E-state index is 0. The summed E-state index contributed by atoms with van der Waals surface area (Å²) in [6, 6.07) is 10.9. The van der Waals surface area contributed by atoms with Crippen LogP contribution in [0.1, 0.15) is 409 Å². The number of fused-ring (bicyclic) bond motifs is 4. The Kier molecular flexibility index (Phi) is 38.2. The predicted molar refractivity (Wildman–Crippen MR) is 517 cm³/mol. The van der Waals surface area contributed by atoms with Gasteiger partial charge in [0.2, 0.25) is 23.8 Å². The van der Waals surface area contributed by atoms with Crippen molar-refractivity contribution in [3.63, 3.8) is 0 Å². The SMILES string of the molecule is CC(C)(C)OC(=O)N1CC=C(B2OC(C)(C)C(C)(C)O2)CC1.CCC(C)NC1=NCc2c(C3CCCCC3)cc(C3CCC(O)CC3)n2N1.CCC(C)Nc1ncc2c(Br)cc(C3CCC(O)CC3)n2n1.CCC(C)Nc1ncc2c(C3=CCCCC3)cc(C3CCC(O)CC3)n2n1.CCC(C)Nc1ncc2c(C3CCCCC3)cc(C3CCC(O)CC3)n2n1.Cl.[O]=[Mn]=[O]. The number of hydrogen-bond acceptors (Lipinski definition) is 22. The molecule has 10 aliphatic rings. The van der Waals surface area contributed by atoms with Gasteiger partial charge >= 0.3 is 35.7 Å². The second-order valence-electron chi connectivity index (χ2n) is 40.2. The third kappa shape index (κ3) is 27.3. The first-order valence-corrected chi connectivity index (χ1v) is 50.9. The molecular weight excluding hydrogens is 1760 g/mol. The summed E-state index contributed by atoms with van der Waals surface area (Å²) >= 11 is 2.18. The maximum absolute atomic E-state index is 12.1. The number of amides is 1. The molecule has 7 fully saturated rings. The van der Waals surface area contributed by atoms with E-state index in [-0.39, 0.29) is 61.2 Å². The molecule has 10 heterocycles. The molecule has 3 aliphatic heterocycles. The van der Waals surface area contributed by atoms with Crippen LogP contribution in [0, 0.1) is 0 Å². The molecule has 17 rings (SSSR count). The minimum atomic E-state index is -1.44. The van der Waals surface area contributed by atoms with E-state index in [1.807, 2.05) is 77.6 Å². The number of halogens is 2. The van der Waals surface area contributed by atoms with Gasteiger partial charge in [0.1, 0.15) is 5.60 Å². The van der Waals surface area contributed by atoms with E-state index in [0.29, 0.717) is 84.7 Å². The molecule has 7 aromatic heterocycles. The van der Waals surface area contributed by atoms with E-state index < -0.39 is 20.4 Å². The number of aromatic nitrogens is 10. The average molecular weight is 1910 g/mol. The van der Waals surface area contributed by atoms with Gasteiger partial charge in [0.25, 0.3) is 0 Å². The predicted octanol–water partition coefficient (Wildman–Crippen LogP) is 21.4. The zero-order chi connectivity index (χ0) is 91.6. The van der Waals surface area contributed by atoms with E-state index in [1.165, 1.54) is 140 Å². The van der Waals surface area contributed by atoms with Crippen LogP contribution in [0.3, 0.4) is 0 Å². The van der Waals surface area contributed by atoms with Gasteiger partial charge in [-0.25, -0.2) is 38.3 Å². The molecule has 4 unspecified atom stereocenters. The van der Waals surface area contributed by atoms with Crippen LogP contribution >= 0.6 is 28.3 Å².